The van der Waals surface area contributed by atoms with Crippen LogP contribution in [-0.2, 0) is 0 Å². The van der Waals surface area contributed by atoms with E-state index in [-0.39, 0.29) is 0 Å². The Bertz CT molecular complexity index is 357. The van der Waals surface area contributed by atoms with Gasteiger partial charge in [0.25, 0.3) is 0 Å². The zero-order valence-electron chi connectivity index (χ0n) is 11.3. The van der Waals surface area contributed by atoms with Crippen molar-refractivity contribution in [2.45, 2.75) is 40.5 Å². The zero-order chi connectivity index (χ0) is 12.7. The van der Waals surface area contributed by atoms with Crippen molar-refractivity contribution in [1.82, 2.24) is 0 Å². The number of aryl methyl sites for hydroxylation is 1. The topological polar surface area (TPSA) is 0 Å². The first-order chi connectivity index (χ1) is 7.61. The van der Waals surface area contributed by atoms with Gasteiger partial charge >= 0.3 is 0 Å². The lowest BCUT2D eigenvalue weighted by Crippen LogP contribution is -1.96. The minimum absolute atomic E-state index is 0.530. The van der Waals surface area contributed by atoms with E-state index in [1.807, 2.05) is 26.0 Å². The van der Waals surface area contributed by atoms with Crippen LogP contribution in [0.1, 0.15) is 55.9 Å². The highest BCUT2D eigenvalue weighted by atomic mass is 14.1. The van der Waals surface area contributed by atoms with Crippen molar-refractivity contribution in [2.75, 3.05) is 0 Å². The molecule has 0 heterocycles. The normalized spacial score (nSPS) is 9.38. The smallest absolute Gasteiger partial charge is 0.0153 e. The molecule has 0 unspecified atom stereocenters. The summed E-state index contributed by atoms with van der Waals surface area (Å²) < 4.78 is 0. The van der Waals surface area contributed by atoms with E-state index in [0.29, 0.717) is 5.92 Å². The van der Waals surface area contributed by atoms with Crippen molar-refractivity contribution in [3.63, 3.8) is 0 Å². The maximum atomic E-state index is 3.88. The van der Waals surface area contributed by atoms with Crippen molar-refractivity contribution in [2.24, 2.45) is 0 Å². The molecule has 0 saturated carbocycles. The Hall–Kier alpha value is -1.30. The first kappa shape index (κ1) is 14.7. The molecule has 0 saturated heterocycles. The Morgan fingerprint density at radius 2 is 1.50 bits per heavy atom. The molecule has 1 aromatic carbocycles. The SMILES string of the molecule is C=Cc1c(C)ccc(C(C)C)c1C=C.CC. The molecule has 1 rings (SSSR count). The van der Waals surface area contributed by atoms with Gasteiger partial charge in [0.15, 0.2) is 0 Å². The van der Waals surface area contributed by atoms with E-state index in [2.05, 4.69) is 46.1 Å². The van der Waals surface area contributed by atoms with Gasteiger partial charge in [-0.25, -0.2) is 0 Å². The van der Waals surface area contributed by atoms with Crippen LogP contribution >= 0.6 is 0 Å². The van der Waals surface area contributed by atoms with E-state index < -0.39 is 0 Å². The van der Waals surface area contributed by atoms with Gasteiger partial charge < -0.3 is 0 Å². The number of benzene rings is 1. The molecule has 0 amide bonds. The molecule has 0 heteroatoms. The van der Waals surface area contributed by atoms with Crippen LogP contribution in [-0.4, -0.2) is 0 Å². The fourth-order valence-electron chi connectivity index (χ4n) is 1.76. The summed E-state index contributed by atoms with van der Waals surface area (Å²) in [4.78, 5) is 0. The van der Waals surface area contributed by atoms with Gasteiger partial charge in [0.1, 0.15) is 0 Å². The molecule has 0 spiro atoms. The van der Waals surface area contributed by atoms with Crippen molar-refractivity contribution in [3.05, 3.63) is 47.5 Å². The summed E-state index contributed by atoms with van der Waals surface area (Å²) in [5.74, 6) is 0.530. The van der Waals surface area contributed by atoms with E-state index in [0.717, 1.165) is 0 Å². The predicted molar refractivity (Wildman–Crippen MR) is 76.8 cm³/mol. The lowest BCUT2D eigenvalue weighted by molar-refractivity contribution is 0.862. The molecule has 0 nitrogen and oxygen atoms in total. The largest absolute Gasteiger partial charge is 0.0984 e. The average molecular weight is 216 g/mol. The molecule has 88 valence electrons. The van der Waals surface area contributed by atoms with Crippen LogP contribution in [0.5, 0.6) is 0 Å². The highest BCUT2D eigenvalue weighted by Gasteiger charge is 2.08. The highest BCUT2D eigenvalue weighted by molar-refractivity contribution is 5.69. The van der Waals surface area contributed by atoms with Gasteiger partial charge in [0, 0.05) is 0 Å². The fourth-order valence-corrected chi connectivity index (χ4v) is 1.76. The van der Waals surface area contributed by atoms with Crippen molar-refractivity contribution >= 4 is 12.2 Å². The molecular formula is C16H24. The van der Waals surface area contributed by atoms with Crippen LogP contribution in [0.2, 0.25) is 0 Å². The van der Waals surface area contributed by atoms with E-state index in [4.69, 9.17) is 0 Å². The molecule has 0 atom stereocenters. The Morgan fingerprint density at radius 1 is 1.00 bits per heavy atom. The summed E-state index contributed by atoms with van der Waals surface area (Å²) in [7, 11) is 0. The Labute approximate surface area is 101 Å². The molecule has 0 N–H and O–H groups in total. The minimum atomic E-state index is 0.530. The Balaban J connectivity index is 0.00000106. The molecule has 0 radical (unpaired) electrons. The maximum Gasteiger partial charge on any atom is -0.0153 e. The predicted octanol–water partition coefficient (Wildman–Crippen LogP) is 5.43. The summed E-state index contributed by atoms with van der Waals surface area (Å²) in [6.45, 7) is 18.2. The van der Waals surface area contributed by atoms with Crippen molar-refractivity contribution in [3.8, 4) is 0 Å². The van der Waals surface area contributed by atoms with Gasteiger partial charge in [0.2, 0.25) is 0 Å². The van der Waals surface area contributed by atoms with Gasteiger partial charge in [-0.3, -0.25) is 0 Å². The lowest BCUT2D eigenvalue weighted by Gasteiger charge is -2.14. The van der Waals surface area contributed by atoms with E-state index >= 15 is 0 Å². The Kier molecular flexibility index (Phi) is 6.48. The van der Waals surface area contributed by atoms with Crippen LogP contribution in [0.25, 0.3) is 12.2 Å². The van der Waals surface area contributed by atoms with E-state index in [1.54, 1.807) is 0 Å². The van der Waals surface area contributed by atoms with Gasteiger partial charge in [-0.15, -0.1) is 0 Å². The first-order valence-electron chi connectivity index (χ1n) is 6.00. The lowest BCUT2D eigenvalue weighted by atomic mass is 9.90. The monoisotopic (exact) mass is 216 g/mol. The Morgan fingerprint density at radius 3 is 1.88 bits per heavy atom. The van der Waals surface area contributed by atoms with Crippen LogP contribution in [0, 0.1) is 6.92 Å². The molecule has 0 aliphatic heterocycles. The minimum Gasteiger partial charge on any atom is -0.0984 e. The molecular weight excluding hydrogens is 192 g/mol. The van der Waals surface area contributed by atoms with Crippen LogP contribution in [0.3, 0.4) is 0 Å². The average Bonchev–Trinajstić information content (AvgIpc) is 2.30. The molecule has 0 aromatic heterocycles. The summed E-state index contributed by atoms with van der Waals surface area (Å²) in [6, 6.07) is 4.34. The second kappa shape index (κ2) is 7.05. The molecule has 0 fully saturated rings. The van der Waals surface area contributed by atoms with E-state index in [9.17, 15) is 0 Å². The standard InChI is InChI=1S/C14H18.C2H6/c1-6-12-11(5)8-9-14(10(3)4)13(12)7-2;1-2/h6-10H,1-2H2,3-5H3;1-2H3. The molecule has 0 bridgehead atoms. The highest BCUT2D eigenvalue weighted by Crippen LogP contribution is 2.26. The second-order valence-corrected chi connectivity index (χ2v) is 3.86. The zero-order valence-corrected chi connectivity index (χ0v) is 11.3. The van der Waals surface area contributed by atoms with E-state index in [1.165, 1.54) is 22.3 Å². The van der Waals surface area contributed by atoms with Gasteiger partial charge in [-0.1, -0.05) is 65.1 Å². The number of rotatable bonds is 3. The summed E-state index contributed by atoms with van der Waals surface area (Å²) in [5, 5.41) is 0. The molecule has 1 aromatic rings. The van der Waals surface area contributed by atoms with Gasteiger partial charge in [-0.2, -0.15) is 0 Å². The molecule has 0 aliphatic rings. The summed E-state index contributed by atoms with van der Waals surface area (Å²) in [5.41, 5.74) is 5.06. The fraction of sp³-hybridized carbons (Fsp3) is 0.375. The van der Waals surface area contributed by atoms with Crippen LogP contribution in [0.4, 0.5) is 0 Å². The third-order valence-corrected chi connectivity index (χ3v) is 2.57. The molecule has 16 heavy (non-hydrogen) atoms. The van der Waals surface area contributed by atoms with Crippen molar-refractivity contribution in [1.29, 1.82) is 0 Å². The van der Waals surface area contributed by atoms with Crippen LogP contribution < -0.4 is 0 Å². The quantitative estimate of drug-likeness (QED) is 0.632. The first-order valence-corrected chi connectivity index (χ1v) is 6.00. The van der Waals surface area contributed by atoms with Crippen LogP contribution in [0.15, 0.2) is 25.3 Å². The summed E-state index contributed by atoms with van der Waals surface area (Å²) in [6.07, 6.45) is 3.84. The van der Waals surface area contributed by atoms with Gasteiger partial charge in [-0.05, 0) is 35.1 Å². The number of hydrogen-bond donors (Lipinski definition) is 0. The van der Waals surface area contributed by atoms with Crippen molar-refractivity contribution < 1.29 is 0 Å². The third kappa shape index (κ3) is 3.10. The third-order valence-electron chi connectivity index (χ3n) is 2.57. The molecule has 0 aliphatic carbocycles. The van der Waals surface area contributed by atoms with Gasteiger partial charge in [0.05, 0.1) is 0 Å². The summed E-state index contributed by atoms with van der Waals surface area (Å²) >= 11 is 0. The number of hydrogen-bond acceptors (Lipinski definition) is 0. The maximum absolute atomic E-state index is 3.88. The second-order valence-electron chi connectivity index (χ2n) is 3.86.